The Morgan fingerprint density at radius 1 is 1.47 bits per heavy atom. The molecule has 0 saturated heterocycles. The Bertz CT molecular complexity index is 581. The Morgan fingerprint density at radius 2 is 2.26 bits per heavy atom. The summed E-state index contributed by atoms with van der Waals surface area (Å²) < 4.78 is 1.56. The molecule has 2 rings (SSSR count). The predicted octanol–water partition coefficient (Wildman–Crippen LogP) is 0.187. The molecule has 7 nitrogen and oxygen atoms in total. The number of aliphatic hydroxyl groups excluding tert-OH is 1. The lowest BCUT2D eigenvalue weighted by molar-refractivity contribution is 0.0912. The van der Waals surface area contributed by atoms with Crippen molar-refractivity contribution in [2.45, 2.75) is 32.8 Å². The standard InChI is InChI=1S/C12H17N5O2/c1-3-8(18)5-13-11(19)9-6-14-12-15-7-16-17(12)10(9)4-2/h6-8,18H,3-5H2,1-2H3,(H,13,19). The highest BCUT2D eigenvalue weighted by Gasteiger charge is 2.16. The molecule has 1 atom stereocenters. The quantitative estimate of drug-likeness (QED) is 0.803. The van der Waals surface area contributed by atoms with E-state index in [2.05, 4.69) is 20.4 Å². The van der Waals surface area contributed by atoms with Gasteiger partial charge in [0.1, 0.15) is 6.33 Å². The van der Waals surface area contributed by atoms with Gasteiger partial charge in [-0.3, -0.25) is 4.79 Å². The summed E-state index contributed by atoms with van der Waals surface area (Å²) in [6, 6.07) is 0. The minimum Gasteiger partial charge on any atom is -0.391 e. The monoisotopic (exact) mass is 263 g/mol. The van der Waals surface area contributed by atoms with Gasteiger partial charge >= 0.3 is 0 Å². The molecule has 0 aliphatic heterocycles. The summed E-state index contributed by atoms with van der Waals surface area (Å²) in [4.78, 5) is 20.2. The first kappa shape index (κ1) is 13.4. The highest BCUT2D eigenvalue weighted by atomic mass is 16.3. The van der Waals surface area contributed by atoms with E-state index in [1.807, 2.05) is 13.8 Å². The molecule has 2 aromatic heterocycles. The van der Waals surface area contributed by atoms with Crippen molar-refractivity contribution in [1.29, 1.82) is 0 Å². The van der Waals surface area contributed by atoms with Gasteiger partial charge in [0.2, 0.25) is 0 Å². The Kier molecular flexibility index (Phi) is 4.06. The lowest BCUT2D eigenvalue weighted by Gasteiger charge is -2.11. The topological polar surface area (TPSA) is 92.4 Å². The molecule has 0 aliphatic carbocycles. The van der Waals surface area contributed by atoms with E-state index < -0.39 is 6.10 Å². The number of amides is 1. The molecular formula is C12H17N5O2. The van der Waals surface area contributed by atoms with Crippen molar-refractivity contribution in [3.05, 3.63) is 23.8 Å². The number of rotatable bonds is 5. The Hall–Kier alpha value is -2.02. The fraction of sp³-hybridized carbons (Fsp3) is 0.500. The smallest absolute Gasteiger partial charge is 0.254 e. The Labute approximate surface area is 110 Å². The number of aliphatic hydroxyl groups is 1. The van der Waals surface area contributed by atoms with E-state index in [1.165, 1.54) is 12.5 Å². The summed E-state index contributed by atoms with van der Waals surface area (Å²) in [5.74, 6) is 0.219. The molecule has 2 N–H and O–H groups in total. The second-order valence-corrected chi connectivity index (χ2v) is 4.22. The third-order valence-electron chi connectivity index (χ3n) is 2.95. The van der Waals surface area contributed by atoms with Gasteiger partial charge in [-0.2, -0.15) is 10.1 Å². The van der Waals surface area contributed by atoms with Crippen LogP contribution in [0, 0.1) is 0 Å². The van der Waals surface area contributed by atoms with Crippen molar-refractivity contribution in [3.8, 4) is 0 Å². The minimum atomic E-state index is -0.530. The molecule has 0 spiro atoms. The SMILES string of the molecule is CCc1c(C(=O)NCC(O)CC)cnc2ncnn12. The van der Waals surface area contributed by atoms with Gasteiger partial charge in [-0.1, -0.05) is 13.8 Å². The van der Waals surface area contributed by atoms with Crippen molar-refractivity contribution < 1.29 is 9.90 Å². The number of hydrogen-bond acceptors (Lipinski definition) is 5. The van der Waals surface area contributed by atoms with E-state index in [4.69, 9.17) is 0 Å². The van der Waals surface area contributed by atoms with Crippen LogP contribution in [0.25, 0.3) is 5.78 Å². The van der Waals surface area contributed by atoms with Crippen LogP contribution in [0.3, 0.4) is 0 Å². The number of carbonyl (C=O) groups is 1. The van der Waals surface area contributed by atoms with Crippen molar-refractivity contribution in [2.24, 2.45) is 0 Å². The van der Waals surface area contributed by atoms with Crippen LogP contribution >= 0.6 is 0 Å². The van der Waals surface area contributed by atoms with E-state index in [1.54, 1.807) is 4.52 Å². The normalized spacial score (nSPS) is 12.6. The maximum Gasteiger partial charge on any atom is 0.254 e. The summed E-state index contributed by atoms with van der Waals surface area (Å²) in [7, 11) is 0. The van der Waals surface area contributed by atoms with Crippen LogP contribution in [0.1, 0.15) is 36.3 Å². The van der Waals surface area contributed by atoms with E-state index in [0.29, 0.717) is 24.2 Å². The fourth-order valence-electron chi connectivity index (χ4n) is 1.80. The average molecular weight is 263 g/mol. The van der Waals surface area contributed by atoms with Crippen molar-refractivity contribution in [2.75, 3.05) is 6.54 Å². The molecule has 19 heavy (non-hydrogen) atoms. The van der Waals surface area contributed by atoms with Crippen molar-refractivity contribution >= 4 is 11.7 Å². The first-order valence-electron chi connectivity index (χ1n) is 6.31. The molecule has 2 aromatic rings. The molecule has 1 amide bonds. The van der Waals surface area contributed by atoms with Crippen LogP contribution in [0.4, 0.5) is 0 Å². The second kappa shape index (κ2) is 5.75. The molecule has 1 unspecified atom stereocenters. The molecule has 0 saturated carbocycles. The zero-order chi connectivity index (χ0) is 13.8. The van der Waals surface area contributed by atoms with E-state index in [0.717, 1.165) is 5.69 Å². The molecule has 102 valence electrons. The number of aromatic nitrogens is 4. The van der Waals surface area contributed by atoms with Gasteiger partial charge in [0.25, 0.3) is 11.7 Å². The van der Waals surface area contributed by atoms with Crippen molar-refractivity contribution in [1.82, 2.24) is 24.9 Å². The highest BCUT2D eigenvalue weighted by Crippen LogP contribution is 2.09. The maximum absolute atomic E-state index is 12.1. The average Bonchev–Trinajstić information content (AvgIpc) is 2.91. The molecule has 7 heteroatoms. The van der Waals surface area contributed by atoms with Crippen LogP contribution in [0.5, 0.6) is 0 Å². The van der Waals surface area contributed by atoms with Crippen LogP contribution in [0.15, 0.2) is 12.5 Å². The molecule has 2 heterocycles. The largest absolute Gasteiger partial charge is 0.391 e. The third kappa shape index (κ3) is 2.70. The Morgan fingerprint density at radius 3 is 2.95 bits per heavy atom. The summed E-state index contributed by atoms with van der Waals surface area (Å²) in [6.07, 6.45) is 3.61. The van der Waals surface area contributed by atoms with Crippen LogP contribution in [-0.4, -0.2) is 43.2 Å². The number of hydrogen-bond donors (Lipinski definition) is 2. The molecule has 0 bridgehead atoms. The van der Waals surface area contributed by atoms with E-state index >= 15 is 0 Å². The van der Waals surface area contributed by atoms with Gasteiger partial charge in [0.05, 0.1) is 17.4 Å². The molecule has 0 fully saturated rings. The fourth-order valence-corrected chi connectivity index (χ4v) is 1.80. The van der Waals surface area contributed by atoms with E-state index in [9.17, 15) is 9.90 Å². The highest BCUT2D eigenvalue weighted by molar-refractivity contribution is 5.95. The van der Waals surface area contributed by atoms with Gasteiger partial charge in [-0.25, -0.2) is 9.50 Å². The van der Waals surface area contributed by atoms with Crippen molar-refractivity contribution in [3.63, 3.8) is 0 Å². The van der Waals surface area contributed by atoms with Gasteiger partial charge < -0.3 is 10.4 Å². The first-order valence-corrected chi connectivity index (χ1v) is 6.31. The van der Waals surface area contributed by atoms with Crippen LogP contribution in [-0.2, 0) is 6.42 Å². The van der Waals surface area contributed by atoms with E-state index in [-0.39, 0.29) is 12.5 Å². The zero-order valence-electron chi connectivity index (χ0n) is 11.0. The predicted molar refractivity (Wildman–Crippen MR) is 68.8 cm³/mol. The summed E-state index contributed by atoms with van der Waals surface area (Å²) >= 11 is 0. The summed E-state index contributed by atoms with van der Waals surface area (Å²) in [5.41, 5.74) is 1.22. The Balaban J connectivity index is 2.26. The van der Waals surface area contributed by atoms with Gasteiger partial charge in [-0.05, 0) is 12.8 Å². The number of carbonyl (C=O) groups excluding carboxylic acids is 1. The van der Waals surface area contributed by atoms with Gasteiger partial charge in [0.15, 0.2) is 0 Å². The van der Waals surface area contributed by atoms with Gasteiger partial charge in [0, 0.05) is 12.7 Å². The first-order chi connectivity index (χ1) is 9.17. The summed E-state index contributed by atoms with van der Waals surface area (Å²) in [6.45, 7) is 4.03. The minimum absolute atomic E-state index is 0.230. The lowest BCUT2D eigenvalue weighted by atomic mass is 10.1. The number of aryl methyl sites for hydroxylation is 1. The zero-order valence-corrected chi connectivity index (χ0v) is 11.0. The van der Waals surface area contributed by atoms with Crippen LogP contribution in [0.2, 0.25) is 0 Å². The maximum atomic E-state index is 12.1. The molecular weight excluding hydrogens is 246 g/mol. The number of fused-ring (bicyclic) bond motifs is 1. The molecule has 0 aromatic carbocycles. The number of nitrogens with zero attached hydrogens (tertiary/aromatic N) is 4. The number of nitrogens with one attached hydrogen (secondary N) is 1. The van der Waals surface area contributed by atoms with Gasteiger partial charge in [-0.15, -0.1) is 0 Å². The summed E-state index contributed by atoms with van der Waals surface area (Å²) in [5, 5.41) is 16.2. The second-order valence-electron chi connectivity index (χ2n) is 4.22. The third-order valence-corrected chi connectivity index (χ3v) is 2.95. The molecule has 0 radical (unpaired) electrons. The molecule has 0 aliphatic rings. The lowest BCUT2D eigenvalue weighted by Crippen LogP contribution is -2.32. The van der Waals surface area contributed by atoms with Crippen LogP contribution < -0.4 is 5.32 Å².